The zero-order valence-corrected chi connectivity index (χ0v) is 22.7. The van der Waals surface area contributed by atoms with Crippen molar-refractivity contribution in [3.05, 3.63) is 89.1 Å². The van der Waals surface area contributed by atoms with Gasteiger partial charge in [-0.15, -0.1) is 0 Å². The van der Waals surface area contributed by atoms with Gasteiger partial charge in [0.05, 0.1) is 40.1 Å². The van der Waals surface area contributed by atoms with E-state index in [1.165, 1.54) is 26.2 Å². The van der Waals surface area contributed by atoms with Crippen molar-refractivity contribution in [2.75, 3.05) is 35.0 Å². The molecule has 2 N–H and O–H groups in total. The van der Waals surface area contributed by atoms with Crippen molar-refractivity contribution in [2.45, 2.75) is 12.5 Å². The molecule has 3 aromatic carbocycles. The number of benzene rings is 3. The topological polar surface area (TPSA) is 110 Å². The highest BCUT2D eigenvalue weighted by atomic mass is 16.5. The monoisotopic (exact) mass is 542 g/mol. The molecule has 0 unspecified atom stereocenters. The number of amides is 1. The summed E-state index contributed by atoms with van der Waals surface area (Å²) in [6.45, 7) is 0.222. The number of aromatic amines is 1. The molecular formula is C31H30N2O7. The molecule has 0 bridgehead atoms. The first-order valence-corrected chi connectivity index (χ1v) is 12.7. The SMILES string of the molecule is COc1ccc2[nH]cc(CCN3C(=O)C(=O)C(=C(O)c4ccc(OC)c(OC)c4)[C@@H]3c3ccccc3OC)c2c1. The Balaban J connectivity index is 1.60. The van der Waals surface area contributed by atoms with Crippen LogP contribution in [-0.2, 0) is 16.0 Å². The minimum absolute atomic E-state index is 0.0256. The second-order valence-electron chi connectivity index (χ2n) is 9.28. The van der Waals surface area contributed by atoms with Crippen LogP contribution in [0.3, 0.4) is 0 Å². The van der Waals surface area contributed by atoms with E-state index in [9.17, 15) is 14.7 Å². The quantitative estimate of drug-likeness (QED) is 0.176. The van der Waals surface area contributed by atoms with E-state index in [-0.39, 0.29) is 17.9 Å². The normalized spacial score (nSPS) is 16.4. The molecule has 1 fully saturated rings. The number of H-pyrrole nitrogens is 1. The number of aromatic nitrogens is 1. The summed E-state index contributed by atoms with van der Waals surface area (Å²) in [7, 11) is 6.13. The Morgan fingerprint density at radius 2 is 1.62 bits per heavy atom. The van der Waals surface area contributed by atoms with E-state index in [1.54, 1.807) is 43.5 Å². The van der Waals surface area contributed by atoms with Gasteiger partial charge in [0.2, 0.25) is 0 Å². The van der Waals surface area contributed by atoms with Crippen LogP contribution in [0.1, 0.15) is 22.7 Å². The van der Waals surface area contributed by atoms with Gasteiger partial charge in [0, 0.05) is 34.8 Å². The van der Waals surface area contributed by atoms with Gasteiger partial charge in [-0.3, -0.25) is 9.59 Å². The number of aliphatic hydroxyl groups is 1. The van der Waals surface area contributed by atoms with E-state index >= 15 is 0 Å². The van der Waals surface area contributed by atoms with E-state index < -0.39 is 17.7 Å². The molecule has 206 valence electrons. The van der Waals surface area contributed by atoms with Crippen LogP contribution >= 0.6 is 0 Å². The maximum Gasteiger partial charge on any atom is 0.295 e. The average Bonchev–Trinajstić information content (AvgIpc) is 3.51. The number of rotatable bonds is 9. The van der Waals surface area contributed by atoms with Crippen molar-refractivity contribution in [2.24, 2.45) is 0 Å². The fourth-order valence-electron chi connectivity index (χ4n) is 5.20. The minimum Gasteiger partial charge on any atom is -0.507 e. The molecule has 1 aromatic heterocycles. The Bertz CT molecular complexity index is 1620. The molecule has 0 aliphatic carbocycles. The van der Waals surface area contributed by atoms with Gasteiger partial charge in [-0.2, -0.15) is 0 Å². The lowest BCUT2D eigenvalue weighted by Gasteiger charge is -2.26. The zero-order chi connectivity index (χ0) is 28.4. The van der Waals surface area contributed by atoms with Gasteiger partial charge >= 0.3 is 0 Å². The Labute approximate surface area is 231 Å². The number of carbonyl (C=O) groups is 2. The smallest absolute Gasteiger partial charge is 0.295 e. The molecular weight excluding hydrogens is 512 g/mol. The van der Waals surface area contributed by atoms with E-state index in [4.69, 9.17) is 18.9 Å². The summed E-state index contributed by atoms with van der Waals surface area (Å²) in [5.41, 5.74) is 2.79. The molecule has 0 spiro atoms. The highest BCUT2D eigenvalue weighted by Gasteiger charge is 2.47. The molecule has 1 saturated heterocycles. The number of likely N-dealkylation sites (tertiary alicyclic amines) is 1. The Morgan fingerprint density at radius 1 is 0.875 bits per heavy atom. The molecule has 9 heteroatoms. The van der Waals surface area contributed by atoms with Gasteiger partial charge in [0.15, 0.2) is 11.5 Å². The van der Waals surface area contributed by atoms with Crippen LogP contribution in [0.4, 0.5) is 0 Å². The number of nitrogens with zero attached hydrogens (tertiary/aromatic N) is 1. The standard InChI is InChI=1S/C31H30N2O7/c1-37-20-10-11-23-22(16-20)19(17-32-23)13-14-33-28(21-7-5-6-8-24(21)38-2)27(30(35)31(33)36)29(34)18-9-12-25(39-3)26(15-18)40-4/h5-12,15-17,28,32,34H,13-14H2,1-4H3/t28-/m0/s1. The number of ether oxygens (including phenoxy) is 4. The van der Waals surface area contributed by atoms with Crippen LogP contribution in [-0.4, -0.2) is 61.7 Å². The Kier molecular flexibility index (Phi) is 7.37. The largest absolute Gasteiger partial charge is 0.507 e. The summed E-state index contributed by atoms with van der Waals surface area (Å²) in [5, 5.41) is 12.4. The number of hydrogen-bond donors (Lipinski definition) is 2. The zero-order valence-electron chi connectivity index (χ0n) is 22.7. The highest BCUT2D eigenvalue weighted by molar-refractivity contribution is 6.46. The molecule has 9 nitrogen and oxygen atoms in total. The van der Waals surface area contributed by atoms with Crippen molar-refractivity contribution < 1.29 is 33.6 Å². The third kappa shape index (κ3) is 4.59. The number of para-hydroxylation sites is 1. The van der Waals surface area contributed by atoms with Gasteiger partial charge in [-0.25, -0.2) is 0 Å². The summed E-state index contributed by atoms with van der Waals surface area (Å²) in [5.74, 6) is 0.279. The minimum atomic E-state index is -0.871. The fraction of sp³-hybridized carbons (Fsp3) is 0.226. The molecule has 40 heavy (non-hydrogen) atoms. The van der Waals surface area contributed by atoms with Crippen LogP contribution in [0.5, 0.6) is 23.0 Å². The van der Waals surface area contributed by atoms with E-state index in [0.29, 0.717) is 34.8 Å². The van der Waals surface area contributed by atoms with Gasteiger partial charge in [0.1, 0.15) is 17.3 Å². The molecule has 1 aliphatic heterocycles. The van der Waals surface area contributed by atoms with Crippen molar-refractivity contribution >= 4 is 28.4 Å². The van der Waals surface area contributed by atoms with Crippen LogP contribution in [0.25, 0.3) is 16.7 Å². The molecule has 0 radical (unpaired) electrons. The van der Waals surface area contributed by atoms with Gasteiger partial charge < -0.3 is 33.9 Å². The van der Waals surface area contributed by atoms with Gasteiger partial charge in [0.25, 0.3) is 11.7 Å². The first-order chi connectivity index (χ1) is 19.4. The van der Waals surface area contributed by atoms with Crippen molar-refractivity contribution in [1.82, 2.24) is 9.88 Å². The Morgan fingerprint density at radius 3 is 2.35 bits per heavy atom. The molecule has 2 heterocycles. The average molecular weight is 543 g/mol. The predicted octanol–water partition coefficient (Wildman–Crippen LogP) is 4.87. The number of carbonyl (C=O) groups excluding carboxylic acids is 2. The second kappa shape index (κ2) is 11.1. The summed E-state index contributed by atoms with van der Waals surface area (Å²) in [6, 6.07) is 16.9. The van der Waals surface area contributed by atoms with Crippen LogP contribution in [0.2, 0.25) is 0 Å². The number of nitrogens with one attached hydrogen (secondary N) is 1. The van der Waals surface area contributed by atoms with E-state index in [0.717, 1.165) is 22.2 Å². The molecule has 1 amide bonds. The van der Waals surface area contributed by atoms with Crippen LogP contribution in [0, 0.1) is 0 Å². The first kappa shape index (κ1) is 26.7. The van der Waals surface area contributed by atoms with Crippen molar-refractivity contribution in [3.63, 3.8) is 0 Å². The van der Waals surface area contributed by atoms with Crippen molar-refractivity contribution in [1.29, 1.82) is 0 Å². The molecule has 0 saturated carbocycles. The highest BCUT2D eigenvalue weighted by Crippen LogP contribution is 2.43. The number of ketones is 1. The van der Waals surface area contributed by atoms with Gasteiger partial charge in [-0.05, 0) is 54.4 Å². The van der Waals surface area contributed by atoms with E-state index in [2.05, 4.69) is 4.98 Å². The second-order valence-corrected chi connectivity index (χ2v) is 9.28. The lowest BCUT2D eigenvalue weighted by Crippen LogP contribution is -2.31. The molecule has 5 rings (SSSR count). The van der Waals surface area contributed by atoms with Crippen LogP contribution in [0.15, 0.2) is 72.4 Å². The number of hydrogen-bond acceptors (Lipinski definition) is 7. The third-order valence-corrected chi connectivity index (χ3v) is 7.23. The number of fused-ring (bicyclic) bond motifs is 1. The fourth-order valence-corrected chi connectivity index (χ4v) is 5.20. The van der Waals surface area contributed by atoms with E-state index in [1.807, 2.05) is 30.5 Å². The molecule has 1 aliphatic rings. The maximum absolute atomic E-state index is 13.5. The lowest BCUT2D eigenvalue weighted by molar-refractivity contribution is -0.139. The first-order valence-electron chi connectivity index (χ1n) is 12.7. The molecule has 4 aromatic rings. The predicted molar refractivity (Wildman–Crippen MR) is 150 cm³/mol. The lowest BCUT2D eigenvalue weighted by atomic mass is 9.94. The summed E-state index contributed by atoms with van der Waals surface area (Å²) < 4.78 is 21.7. The molecule has 1 atom stereocenters. The van der Waals surface area contributed by atoms with Crippen molar-refractivity contribution in [3.8, 4) is 23.0 Å². The summed E-state index contributed by atoms with van der Waals surface area (Å²) in [4.78, 5) is 31.8. The number of Topliss-reactive ketones (excluding diaryl/α,β-unsaturated/α-hetero) is 1. The number of aliphatic hydroxyl groups excluding tert-OH is 1. The number of methoxy groups -OCH3 is 4. The summed E-state index contributed by atoms with van der Waals surface area (Å²) >= 11 is 0. The maximum atomic E-state index is 13.5. The van der Waals surface area contributed by atoms with Gasteiger partial charge in [-0.1, -0.05) is 18.2 Å². The van der Waals surface area contributed by atoms with Crippen LogP contribution < -0.4 is 18.9 Å². The summed E-state index contributed by atoms with van der Waals surface area (Å²) in [6.07, 6.45) is 2.35. The Hall–Kier alpha value is -4.92. The third-order valence-electron chi connectivity index (χ3n) is 7.23.